The van der Waals surface area contributed by atoms with Crippen molar-refractivity contribution in [1.82, 2.24) is 4.90 Å². The first-order valence-corrected chi connectivity index (χ1v) is 13.7. The van der Waals surface area contributed by atoms with Gasteiger partial charge in [-0.15, -0.1) is 0 Å². The monoisotopic (exact) mass is 528 g/mol. The number of allylic oxidation sites excluding steroid dienone is 6. The molecular weight excluding hydrogens is 487 g/mol. The van der Waals surface area contributed by atoms with Crippen LogP contribution in [-0.4, -0.2) is 42.0 Å². The SMILES string of the molecule is CC(C)(C)C1=CC(C(C)(C)C)CC(C=NCCN(Cc2ccccc2)CC2C=C(Cl)C=C(Cl)C2O)=C1. The summed E-state index contributed by atoms with van der Waals surface area (Å²) < 4.78 is 0. The van der Waals surface area contributed by atoms with Gasteiger partial charge in [-0.25, -0.2) is 0 Å². The molecule has 0 aliphatic heterocycles. The molecule has 1 aromatic carbocycles. The van der Waals surface area contributed by atoms with Crippen LogP contribution in [0.2, 0.25) is 0 Å². The van der Waals surface area contributed by atoms with Crippen molar-refractivity contribution in [3.63, 3.8) is 0 Å². The third kappa shape index (κ3) is 8.45. The molecule has 0 aromatic heterocycles. The van der Waals surface area contributed by atoms with E-state index >= 15 is 0 Å². The Labute approximate surface area is 228 Å². The van der Waals surface area contributed by atoms with Crippen molar-refractivity contribution in [2.24, 2.45) is 27.7 Å². The van der Waals surface area contributed by atoms with Gasteiger partial charge in [0.1, 0.15) is 0 Å². The van der Waals surface area contributed by atoms with Gasteiger partial charge in [-0.2, -0.15) is 0 Å². The highest BCUT2D eigenvalue weighted by molar-refractivity contribution is 6.35. The number of nitrogens with zero attached hydrogens (tertiary/aromatic N) is 2. The molecule has 0 amide bonds. The van der Waals surface area contributed by atoms with E-state index in [-0.39, 0.29) is 16.7 Å². The number of hydrogen-bond donors (Lipinski definition) is 1. The number of aliphatic hydroxyl groups excluding tert-OH is 1. The number of halogens is 2. The minimum absolute atomic E-state index is 0.112. The average molecular weight is 530 g/mol. The zero-order chi connectivity index (χ0) is 26.5. The normalized spacial score (nSPS) is 23.4. The van der Waals surface area contributed by atoms with Crippen LogP contribution in [0.5, 0.6) is 0 Å². The lowest BCUT2D eigenvalue weighted by atomic mass is 9.70. The predicted octanol–water partition coefficient (Wildman–Crippen LogP) is 7.76. The summed E-state index contributed by atoms with van der Waals surface area (Å²) >= 11 is 12.5. The number of rotatable bonds is 8. The molecule has 2 aliphatic rings. The largest absolute Gasteiger partial charge is 0.387 e. The van der Waals surface area contributed by atoms with Gasteiger partial charge in [0.05, 0.1) is 12.6 Å². The third-order valence-corrected chi connectivity index (χ3v) is 7.58. The second-order valence-electron chi connectivity index (χ2n) is 12.2. The average Bonchev–Trinajstić information content (AvgIpc) is 2.79. The molecule has 3 unspecified atom stereocenters. The van der Waals surface area contributed by atoms with Crippen LogP contribution in [0.15, 0.2) is 80.8 Å². The smallest absolute Gasteiger partial charge is 0.0971 e. The molecular formula is C31H42Cl2N2O. The van der Waals surface area contributed by atoms with Crippen molar-refractivity contribution in [3.05, 3.63) is 81.4 Å². The Morgan fingerprint density at radius 1 is 1.03 bits per heavy atom. The van der Waals surface area contributed by atoms with E-state index in [0.717, 1.165) is 19.5 Å². The molecule has 3 nitrogen and oxygen atoms in total. The van der Waals surface area contributed by atoms with E-state index in [1.54, 1.807) is 6.08 Å². The van der Waals surface area contributed by atoms with E-state index in [9.17, 15) is 5.11 Å². The Morgan fingerprint density at radius 3 is 2.36 bits per heavy atom. The van der Waals surface area contributed by atoms with Gasteiger partial charge in [0.25, 0.3) is 0 Å². The Hall–Kier alpha value is -1.65. The lowest BCUT2D eigenvalue weighted by Crippen LogP contribution is -2.36. The summed E-state index contributed by atoms with van der Waals surface area (Å²) in [5.41, 5.74) is 4.24. The van der Waals surface area contributed by atoms with Gasteiger partial charge >= 0.3 is 0 Å². The van der Waals surface area contributed by atoms with Gasteiger partial charge in [-0.1, -0.05) is 113 Å². The van der Waals surface area contributed by atoms with Crippen molar-refractivity contribution in [3.8, 4) is 0 Å². The minimum Gasteiger partial charge on any atom is -0.387 e. The maximum atomic E-state index is 10.6. The fourth-order valence-corrected chi connectivity index (χ4v) is 5.24. The molecule has 196 valence electrons. The first-order chi connectivity index (χ1) is 16.8. The fourth-order valence-electron chi connectivity index (χ4n) is 4.62. The van der Waals surface area contributed by atoms with Crippen molar-refractivity contribution in [2.75, 3.05) is 19.6 Å². The number of hydrogen-bond acceptors (Lipinski definition) is 3. The van der Waals surface area contributed by atoms with Crippen LogP contribution < -0.4 is 0 Å². The summed E-state index contributed by atoms with van der Waals surface area (Å²) in [5.74, 6) is 0.339. The summed E-state index contributed by atoms with van der Waals surface area (Å²) in [6.07, 6.45) is 10.7. The molecule has 3 rings (SSSR count). The molecule has 1 N–H and O–H groups in total. The van der Waals surface area contributed by atoms with Crippen LogP contribution in [0.4, 0.5) is 0 Å². The van der Waals surface area contributed by atoms with Gasteiger partial charge < -0.3 is 5.11 Å². The van der Waals surface area contributed by atoms with Crippen LogP contribution in [0.25, 0.3) is 0 Å². The second-order valence-corrected chi connectivity index (χ2v) is 13.1. The van der Waals surface area contributed by atoms with E-state index < -0.39 is 6.10 Å². The molecule has 0 heterocycles. The van der Waals surface area contributed by atoms with Crippen molar-refractivity contribution in [2.45, 2.75) is 60.6 Å². The first-order valence-electron chi connectivity index (χ1n) is 12.9. The molecule has 0 fully saturated rings. The Morgan fingerprint density at radius 2 is 1.72 bits per heavy atom. The molecule has 0 bridgehead atoms. The number of aliphatic hydroxyl groups is 1. The minimum atomic E-state index is -0.736. The molecule has 0 saturated carbocycles. The van der Waals surface area contributed by atoms with Crippen LogP contribution >= 0.6 is 23.2 Å². The highest BCUT2D eigenvalue weighted by Gasteiger charge is 2.29. The second kappa shape index (κ2) is 12.3. The maximum absolute atomic E-state index is 10.6. The molecule has 5 heteroatoms. The van der Waals surface area contributed by atoms with E-state index in [1.807, 2.05) is 12.1 Å². The van der Waals surface area contributed by atoms with Gasteiger partial charge in [-0.05, 0) is 46.0 Å². The van der Waals surface area contributed by atoms with Gasteiger partial charge in [0.15, 0.2) is 0 Å². The highest BCUT2D eigenvalue weighted by Crippen LogP contribution is 2.40. The van der Waals surface area contributed by atoms with Crippen LogP contribution in [0, 0.1) is 22.7 Å². The van der Waals surface area contributed by atoms with Crippen LogP contribution in [-0.2, 0) is 6.54 Å². The van der Waals surface area contributed by atoms with Crippen LogP contribution in [0.3, 0.4) is 0 Å². The van der Waals surface area contributed by atoms with E-state index in [2.05, 4.69) is 89.1 Å². The molecule has 1 aromatic rings. The van der Waals surface area contributed by atoms with Gasteiger partial charge in [0.2, 0.25) is 0 Å². The van der Waals surface area contributed by atoms with E-state index in [0.29, 0.717) is 29.1 Å². The first kappa shape index (κ1) is 28.9. The van der Waals surface area contributed by atoms with Crippen LogP contribution in [0.1, 0.15) is 53.5 Å². The predicted molar refractivity (Wildman–Crippen MR) is 156 cm³/mol. The summed E-state index contributed by atoms with van der Waals surface area (Å²) in [7, 11) is 0. The third-order valence-electron chi connectivity index (χ3n) is 7.01. The van der Waals surface area contributed by atoms with Crippen molar-refractivity contribution >= 4 is 29.4 Å². The Kier molecular flexibility index (Phi) is 9.85. The fraction of sp³-hybridized carbons (Fsp3) is 0.516. The van der Waals surface area contributed by atoms with Crippen molar-refractivity contribution < 1.29 is 5.11 Å². The standard InChI is InChI=1S/C31H42Cl2N2O/c1-30(2,3)25-14-23(15-26(17-25)31(4,5)6)19-34-12-13-35(20-22-10-8-7-9-11-22)21-24-16-27(32)18-28(33)29(24)36/h7-11,14,16-19,24,26,29,36H,12-13,15,20-21H2,1-6H3. The summed E-state index contributed by atoms with van der Waals surface area (Å²) in [6, 6.07) is 10.4. The van der Waals surface area contributed by atoms with Crippen molar-refractivity contribution in [1.29, 1.82) is 0 Å². The zero-order valence-corrected chi connectivity index (χ0v) is 24.2. The topological polar surface area (TPSA) is 35.8 Å². The molecule has 2 aliphatic carbocycles. The van der Waals surface area contributed by atoms with Gasteiger partial charge in [0, 0.05) is 41.8 Å². The number of benzene rings is 1. The summed E-state index contributed by atoms with van der Waals surface area (Å²) in [4.78, 5) is 7.17. The molecule has 36 heavy (non-hydrogen) atoms. The summed E-state index contributed by atoms with van der Waals surface area (Å²) in [5, 5.41) is 11.6. The molecule has 3 atom stereocenters. The lowest BCUT2D eigenvalue weighted by Gasteiger charge is -2.35. The Bertz CT molecular complexity index is 1040. The highest BCUT2D eigenvalue weighted by atomic mass is 35.5. The summed E-state index contributed by atoms with van der Waals surface area (Å²) in [6.45, 7) is 16.7. The Balaban J connectivity index is 1.70. The lowest BCUT2D eigenvalue weighted by molar-refractivity contribution is 0.131. The zero-order valence-electron chi connectivity index (χ0n) is 22.6. The maximum Gasteiger partial charge on any atom is 0.0971 e. The van der Waals surface area contributed by atoms with E-state index in [1.165, 1.54) is 16.7 Å². The van der Waals surface area contributed by atoms with E-state index in [4.69, 9.17) is 28.2 Å². The molecule has 0 spiro atoms. The quantitative estimate of drug-likeness (QED) is 0.350. The van der Waals surface area contributed by atoms with Gasteiger partial charge in [-0.3, -0.25) is 9.89 Å². The molecule has 0 saturated heterocycles. The molecule has 0 radical (unpaired) electrons. The number of aliphatic imine (C=N–C) groups is 1.